The summed E-state index contributed by atoms with van der Waals surface area (Å²) in [7, 11) is 0. The molecule has 0 fully saturated rings. The number of nitro groups is 1. The molecule has 108 valence electrons. The summed E-state index contributed by atoms with van der Waals surface area (Å²) in [6, 6.07) is 9.89. The van der Waals surface area contributed by atoms with Crippen LogP contribution in [0.2, 0.25) is 0 Å². The first kappa shape index (κ1) is 14.5. The third-order valence-electron chi connectivity index (χ3n) is 2.77. The van der Waals surface area contributed by atoms with Crippen LogP contribution in [-0.2, 0) is 6.61 Å². The third-order valence-corrected chi connectivity index (χ3v) is 2.77. The summed E-state index contributed by atoms with van der Waals surface area (Å²) in [5.41, 5.74) is -0.193. The smallest absolute Gasteiger partial charge is 0.335 e. The molecule has 0 atom stereocenters. The Morgan fingerprint density at radius 2 is 1.90 bits per heavy atom. The van der Waals surface area contributed by atoms with Gasteiger partial charge in [0.2, 0.25) is 5.75 Å². The number of nitrogens with zero attached hydrogens (tertiary/aromatic N) is 1. The van der Waals surface area contributed by atoms with E-state index in [2.05, 4.69) is 0 Å². The number of benzene rings is 2. The summed E-state index contributed by atoms with van der Waals surface area (Å²) < 4.78 is 5.43. The summed E-state index contributed by atoms with van der Waals surface area (Å²) in [4.78, 5) is 21.2. The van der Waals surface area contributed by atoms with Gasteiger partial charge in [-0.1, -0.05) is 18.2 Å². The summed E-state index contributed by atoms with van der Waals surface area (Å²) >= 11 is 0. The molecule has 0 radical (unpaired) electrons. The molecule has 0 heterocycles. The number of carbonyl (C=O) groups is 1. The Morgan fingerprint density at radius 3 is 2.52 bits per heavy atom. The lowest BCUT2D eigenvalue weighted by Gasteiger charge is -2.10. The molecule has 7 heteroatoms. The highest BCUT2D eigenvalue weighted by molar-refractivity contribution is 5.88. The number of rotatable bonds is 5. The van der Waals surface area contributed by atoms with Gasteiger partial charge < -0.3 is 14.9 Å². The van der Waals surface area contributed by atoms with E-state index in [0.29, 0.717) is 5.56 Å². The molecule has 0 aromatic heterocycles. The topological polar surface area (TPSA) is 110 Å². The Hall–Kier alpha value is -2.93. The number of carboxylic acids is 1. The highest BCUT2D eigenvalue weighted by Gasteiger charge is 2.19. The van der Waals surface area contributed by atoms with Crippen LogP contribution in [0.3, 0.4) is 0 Å². The fourth-order valence-corrected chi connectivity index (χ4v) is 1.73. The van der Waals surface area contributed by atoms with Gasteiger partial charge >= 0.3 is 11.7 Å². The lowest BCUT2D eigenvalue weighted by atomic mass is 10.2. The van der Waals surface area contributed by atoms with Gasteiger partial charge in [-0.25, -0.2) is 4.79 Å². The van der Waals surface area contributed by atoms with Crippen molar-refractivity contribution in [2.75, 3.05) is 0 Å². The van der Waals surface area contributed by atoms with Crippen LogP contribution in [0, 0.1) is 10.1 Å². The average Bonchev–Trinajstić information content (AvgIpc) is 2.47. The predicted molar refractivity (Wildman–Crippen MR) is 72.5 cm³/mol. The number of para-hydroxylation sites is 1. The molecule has 2 rings (SSSR count). The van der Waals surface area contributed by atoms with Crippen molar-refractivity contribution in [2.45, 2.75) is 6.61 Å². The van der Waals surface area contributed by atoms with Crippen molar-refractivity contribution in [1.29, 1.82) is 0 Å². The number of carboxylic acid groups (broad SMARTS) is 1. The molecule has 0 saturated heterocycles. The van der Waals surface area contributed by atoms with E-state index in [1.807, 2.05) is 0 Å². The molecule has 21 heavy (non-hydrogen) atoms. The maximum absolute atomic E-state index is 11.0. The summed E-state index contributed by atoms with van der Waals surface area (Å²) in [5, 5.41) is 29.1. The molecule has 2 aromatic rings. The van der Waals surface area contributed by atoms with Gasteiger partial charge in [0.15, 0.2) is 0 Å². The Kier molecular flexibility index (Phi) is 4.15. The Morgan fingerprint density at radius 1 is 1.19 bits per heavy atom. The second kappa shape index (κ2) is 6.02. The zero-order chi connectivity index (χ0) is 15.4. The predicted octanol–water partition coefficient (Wildman–Crippen LogP) is 2.58. The molecule has 0 unspecified atom stereocenters. The zero-order valence-corrected chi connectivity index (χ0v) is 10.7. The normalized spacial score (nSPS) is 10.1. The van der Waals surface area contributed by atoms with Crippen LogP contribution in [0.5, 0.6) is 11.5 Å². The van der Waals surface area contributed by atoms with Gasteiger partial charge in [0, 0.05) is 11.6 Å². The van der Waals surface area contributed by atoms with E-state index >= 15 is 0 Å². The van der Waals surface area contributed by atoms with Gasteiger partial charge in [0.05, 0.1) is 17.1 Å². The number of nitro benzene ring substituents is 1. The largest absolute Gasteiger partial charge is 0.478 e. The van der Waals surface area contributed by atoms with E-state index < -0.39 is 16.6 Å². The Bertz CT molecular complexity index is 698. The van der Waals surface area contributed by atoms with Gasteiger partial charge in [-0.2, -0.15) is 0 Å². The van der Waals surface area contributed by atoms with E-state index in [0.717, 1.165) is 6.07 Å². The van der Waals surface area contributed by atoms with Crippen molar-refractivity contribution in [3.8, 4) is 11.5 Å². The van der Waals surface area contributed by atoms with Crippen LogP contribution >= 0.6 is 0 Å². The van der Waals surface area contributed by atoms with Gasteiger partial charge in [-0.15, -0.1) is 0 Å². The number of aliphatic hydroxyl groups excluding tert-OH is 1. The highest BCUT2D eigenvalue weighted by Crippen LogP contribution is 2.33. The number of hydrogen-bond acceptors (Lipinski definition) is 5. The van der Waals surface area contributed by atoms with Gasteiger partial charge in [-0.3, -0.25) is 10.1 Å². The van der Waals surface area contributed by atoms with E-state index in [-0.39, 0.29) is 23.7 Å². The minimum Gasteiger partial charge on any atom is -0.478 e. The minimum absolute atomic E-state index is 0.0918. The van der Waals surface area contributed by atoms with Crippen LogP contribution in [-0.4, -0.2) is 21.1 Å². The minimum atomic E-state index is -1.26. The third kappa shape index (κ3) is 3.15. The van der Waals surface area contributed by atoms with Crippen molar-refractivity contribution in [2.24, 2.45) is 0 Å². The molecule has 0 saturated carbocycles. The second-order valence-electron chi connectivity index (χ2n) is 4.11. The van der Waals surface area contributed by atoms with E-state index in [9.17, 15) is 20.0 Å². The molecule has 2 N–H and O–H groups in total. The molecule has 0 spiro atoms. The van der Waals surface area contributed by atoms with Crippen molar-refractivity contribution in [3.05, 3.63) is 63.7 Å². The fraction of sp³-hybridized carbons (Fsp3) is 0.0714. The quantitative estimate of drug-likeness (QED) is 0.646. The highest BCUT2D eigenvalue weighted by atomic mass is 16.6. The molecule has 2 aromatic carbocycles. The van der Waals surface area contributed by atoms with E-state index in [1.165, 1.54) is 12.1 Å². The first-order valence-corrected chi connectivity index (χ1v) is 5.91. The molecule has 0 amide bonds. The lowest BCUT2D eigenvalue weighted by molar-refractivity contribution is -0.385. The summed E-state index contributed by atoms with van der Waals surface area (Å²) in [6.07, 6.45) is 0. The van der Waals surface area contributed by atoms with Crippen LogP contribution in [0.25, 0.3) is 0 Å². The molecule has 0 aliphatic carbocycles. The summed E-state index contributed by atoms with van der Waals surface area (Å²) in [6.45, 7) is -0.281. The van der Waals surface area contributed by atoms with Crippen LogP contribution in [0.4, 0.5) is 5.69 Å². The van der Waals surface area contributed by atoms with Gasteiger partial charge in [-0.05, 0) is 18.2 Å². The first-order chi connectivity index (χ1) is 10.0. The lowest BCUT2D eigenvalue weighted by Crippen LogP contribution is -2.00. The maximum Gasteiger partial charge on any atom is 0.335 e. The number of aliphatic hydroxyl groups is 1. The van der Waals surface area contributed by atoms with E-state index in [4.69, 9.17) is 9.84 Å². The van der Waals surface area contributed by atoms with Crippen LogP contribution in [0.15, 0.2) is 42.5 Å². The van der Waals surface area contributed by atoms with Crippen molar-refractivity contribution >= 4 is 11.7 Å². The fourth-order valence-electron chi connectivity index (χ4n) is 1.73. The molecular weight excluding hydrogens is 278 g/mol. The van der Waals surface area contributed by atoms with Crippen LogP contribution < -0.4 is 4.74 Å². The number of ether oxygens (including phenoxy) is 1. The second-order valence-corrected chi connectivity index (χ2v) is 4.11. The zero-order valence-electron chi connectivity index (χ0n) is 10.7. The SMILES string of the molecule is O=C(O)c1ccc(Oc2ccccc2CO)c([N+](=O)[O-])c1. The Labute approximate surface area is 119 Å². The average molecular weight is 289 g/mol. The molecule has 0 bridgehead atoms. The van der Waals surface area contributed by atoms with Crippen LogP contribution in [0.1, 0.15) is 15.9 Å². The number of aromatic carboxylic acids is 1. The number of hydrogen-bond donors (Lipinski definition) is 2. The first-order valence-electron chi connectivity index (χ1n) is 5.91. The van der Waals surface area contributed by atoms with E-state index in [1.54, 1.807) is 24.3 Å². The van der Waals surface area contributed by atoms with Gasteiger partial charge in [0.1, 0.15) is 5.75 Å². The van der Waals surface area contributed by atoms with Crippen molar-refractivity contribution < 1.29 is 24.7 Å². The standard InChI is InChI=1S/C14H11NO6/c16-8-10-3-1-2-4-12(10)21-13-6-5-9(14(17)18)7-11(13)15(19)20/h1-7,16H,8H2,(H,17,18). The van der Waals surface area contributed by atoms with Crippen molar-refractivity contribution in [1.82, 2.24) is 0 Å². The van der Waals surface area contributed by atoms with Gasteiger partial charge in [0.25, 0.3) is 0 Å². The maximum atomic E-state index is 11.0. The van der Waals surface area contributed by atoms with Crippen molar-refractivity contribution in [3.63, 3.8) is 0 Å². The molecule has 0 aliphatic heterocycles. The Balaban J connectivity index is 2.44. The monoisotopic (exact) mass is 289 g/mol. The summed E-state index contributed by atoms with van der Waals surface area (Å²) in [5.74, 6) is -1.09. The molecular formula is C14H11NO6. The molecule has 7 nitrogen and oxygen atoms in total. The molecule has 0 aliphatic rings.